The van der Waals surface area contributed by atoms with Gasteiger partial charge in [0.15, 0.2) is 0 Å². The molecule has 23 heavy (non-hydrogen) atoms. The summed E-state index contributed by atoms with van der Waals surface area (Å²) in [5, 5.41) is 0. The topological polar surface area (TPSA) is 53.1 Å². The van der Waals surface area contributed by atoms with Crippen LogP contribution in [-0.4, -0.2) is 70.7 Å². The Balaban J connectivity index is 1.69. The molecular weight excluding hydrogens is 294 g/mol. The lowest BCUT2D eigenvalue weighted by Crippen LogP contribution is -2.54. The average molecular weight is 323 g/mol. The molecule has 3 rings (SSSR count). The van der Waals surface area contributed by atoms with Gasteiger partial charge in [0, 0.05) is 26.2 Å². The summed E-state index contributed by atoms with van der Waals surface area (Å²) in [6.07, 6.45) is 5.27. The van der Waals surface area contributed by atoms with Gasteiger partial charge in [0.05, 0.1) is 12.1 Å². The molecule has 1 aliphatic carbocycles. The molecule has 1 saturated carbocycles. The fourth-order valence-corrected chi connectivity index (χ4v) is 4.19. The van der Waals surface area contributed by atoms with Gasteiger partial charge in [-0.1, -0.05) is 12.8 Å². The van der Waals surface area contributed by atoms with Crippen molar-refractivity contribution >= 4 is 12.1 Å². The van der Waals surface area contributed by atoms with Gasteiger partial charge in [-0.2, -0.15) is 0 Å². The Morgan fingerprint density at radius 3 is 2.39 bits per heavy atom. The molecule has 0 aromatic rings. The summed E-state index contributed by atoms with van der Waals surface area (Å²) >= 11 is 0. The number of likely N-dealkylation sites (N-methyl/N-ethyl adjacent to an activating group) is 1. The van der Waals surface area contributed by atoms with Crippen molar-refractivity contribution in [3.8, 4) is 0 Å². The molecule has 2 saturated heterocycles. The van der Waals surface area contributed by atoms with E-state index in [2.05, 4.69) is 4.90 Å². The molecule has 2 atom stereocenters. The maximum atomic E-state index is 12.7. The Morgan fingerprint density at radius 2 is 1.78 bits per heavy atom. The Labute approximate surface area is 138 Å². The molecule has 0 radical (unpaired) electrons. The van der Waals surface area contributed by atoms with Crippen LogP contribution in [0.5, 0.6) is 0 Å². The van der Waals surface area contributed by atoms with Crippen LogP contribution in [0.4, 0.5) is 9.59 Å². The number of hydrogen-bond acceptors (Lipinski definition) is 3. The lowest BCUT2D eigenvalue weighted by molar-refractivity contribution is 0.0117. The van der Waals surface area contributed by atoms with Crippen molar-refractivity contribution in [2.24, 2.45) is 0 Å². The largest absolute Gasteiger partial charge is 0.444 e. The van der Waals surface area contributed by atoms with E-state index >= 15 is 0 Å². The van der Waals surface area contributed by atoms with Gasteiger partial charge < -0.3 is 19.4 Å². The van der Waals surface area contributed by atoms with Crippen molar-refractivity contribution in [3.05, 3.63) is 0 Å². The molecule has 3 aliphatic rings. The maximum Gasteiger partial charge on any atom is 0.410 e. The summed E-state index contributed by atoms with van der Waals surface area (Å²) in [4.78, 5) is 30.7. The zero-order chi connectivity index (χ0) is 16.8. The van der Waals surface area contributed by atoms with E-state index in [4.69, 9.17) is 4.74 Å². The predicted octanol–water partition coefficient (Wildman–Crippen LogP) is 2.67. The van der Waals surface area contributed by atoms with Crippen LogP contribution in [0.3, 0.4) is 0 Å². The van der Waals surface area contributed by atoms with Crippen LogP contribution in [0, 0.1) is 0 Å². The zero-order valence-corrected chi connectivity index (χ0v) is 14.7. The number of rotatable bonds is 1. The van der Waals surface area contributed by atoms with Crippen LogP contribution in [0.15, 0.2) is 0 Å². The first-order chi connectivity index (χ1) is 10.8. The summed E-state index contributed by atoms with van der Waals surface area (Å²) in [6.45, 7) is 6.88. The zero-order valence-electron chi connectivity index (χ0n) is 14.7. The lowest BCUT2D eigenvalue weighted by atomic mass is 9.98. The lowest BCUT2D eigenvalue weighted by Gasteiger charge is -2.39. The summed E-state index contributed by atoms with van der Waals surface area (Å²) < 4.78 is 5.48. The van der Waals surface area contributed by atoms with Crippen LogP contribution in [-0.2, 0) is 4.74 Å². The molecule has 2 unspecified atom stereocenters. The average Bonchev–Trinajstić information content (AvgIpc) is 3.05. The second-order valence-electron chi connectivity index (χ2n) is 8.09. The first kappa shape index (κ1) is 16.4. The van der Waals surface area contributed by atoms with Crippen molar-refractivity contribution in [3.63, 3.8) is 0 Å². The highest BCUT2D eigenvalue weighted by molar-refractivity contribution is 5.78. The van der Waals surface area contributed by atoms with Crippen molar-refractivity contribution in [1.82, 2.24) is 14.7 Å². The van der Waals surface area contributed by atoms with Gasteiger partial charge in [0.2, 0.25) is 0 Å². The highest BCUT2D eigenvalue weighted by atomic mass is 16.6. The maximum absolute atomic E-state index is 12.7. The van der Waals surface area contributed by atoms with Crippen molar-refractivity contribution < 1.29 is 14.3 Å². The number of ether oxygens (including phenoxy) is 1. The third-order valence-corrected chi connectivity index (χ3v) is 5.29. The van der Waals surface area contributed by atoms with E-state index in [0.717, 1.165) is 19.3 Å². The molecule has 2 heterocycles. The van der Waals surface area contributed by atoms with Crippen LogP contribution < -0.4 is 0 Å². The van der Waals surface area contributed by atoms with Crippen LogP contribution >= 0.6 is 0 Å². The van der Waals surface area contributed by atoms with Gasteiger partial charge in [-0.25, -0.2) is 9.59 Å². The Bertz CT molecular complexity index is 482. The van der Waals surface area contributed by atoms with Crippen LogP contribution in [0.2, 0.25) is 0 Å². The second-order valence-corrected chi connectivity index (χ2v) is 8.09. The van der Waals surface area contributed by atoms with Gasteiger partial charge in [0.1, 0.15) is 5.60 Å². The molecule has 0 spiro atoms. The number of nitrogens with zero attached hydrogens (tertiary/aromatic N) is 3. The van der Waals surface area contributed by atoms with Crippen LogP contribution in [0.1, 0.15) is 52.9 Å². The van der Waals surface area contributed by atoms with E-state index in [1.165, 1.54) is 12.8 Å². The van der Waals surface area contributed by atoms with Gasteiger partial charge in [-0.3, -0.25) is 0 Å². The van der Waals surface area contributed by atoms with Gasteiger partial charge in [-0.15, -0.1) is 0 Å². The fourth-order valence-electron chi connectivity index (χ4n) is 4.19. The van der Waals surface area contributed by atoms with E-state index < -0.39 is 5.60 Å². The number of carbonyl (C=O) groups is 2. The Hall–Kier alpha value is -1.46. The smallest absolute Gasteiger partial charge is 0.410 e. The molecule has 0 bridgehead atoms. The minimum absolute atomic E-state index is 0.0874. The number of likely N-dealkylation sites (tertiary alicyclic amines) is 1. The van der Waals surface area contributed by atoms with E-state index in [9.17, 15) is 9.59 Å². The molecule has 3 amide bonds. The summed E-state index contributed by atoms with van der Waals surface area (Å²) in [7, 11) is 1.87. The number of hydrogen-bond donors (Lipinski definition) is 0. The molecule has 6 heteroatoms. The molecule has 0 aromatic heterocycles. The molecule has 6 nitrogen and oxygen atoms in total. The van der Waals surface area contributed by atoms with E-state index in [1.54, 1.807) is 4.90 Å². The summed E-state index contributed by atoms with van der Waals surface area (Å²) in [5.74, 6) is 0. The quantitative estimate of drug-likeness (QED) is 0.745. The minimum atomic E-state index is -0.485. The Kier molecular flexibility index (Phi) is 4.19. The van der Waals surface area contributed by atoms with E-state index in [0.29, 0.717) is 19.1 Å². The third-order valence-electron chi connectivity index (χ3n) is 5.29. The molecule has 3 fully saturated rings. The molecule has 2 aliphatic heterocycles. The number of fused-ring (bicyclic) bond motifs is 1. The monoisotopic (exact) mass is 323 g/mol. The Morgan fingerprint density at radius 1 is 1.13 bits per heavy atom. The van der Waals surface area contributed by atoms with E-state index in [-0.39, 0.29) is 24.2 Å². The second kappa shape index (κ2) is 5.87. The predicted molar refractivity (Wildman–Crippen MR) is 87.3 cm³/mol. The normalized spacial score (nSPS) is 29.2. The molecule has 0 N–H and O–H groups in total. The number of urea groups is 1. The molecule has 0 aromatic carbocycles. The standard InChI is InChI=1S/C17H29N3O3/c1-17(2,3)23-16(22)19-10-9-13-14(11-19)18(4)15(21)20(13)12-7-5-6-8-12/h12-14H,5-11H2,1-4H3. The van der Waals surface area contributed by atoms with Gasteiger partial charge >= 0.3 is 12.1 Å². The highest BCUT2D eigenvalue weighted by Gasteiger charge is 2.50. The minimum Gasteiger partial charge on any atom is -0.444 e. The van der Waals surface area contributed by atoms with Crippen LogP contribution in [0.25, 0.3) is 0 Å². The fraction of sp³-hybridized carbons (Fsp3) is 0.882. The number of carbonyl (C=O) groups excluding carboxylic acids is 2. The summed E-state index contributed by atoms with van der Waals surface area (Å²) in [5.41, 5.74) is -0.485. The number of amides is 3. The summed E-state index contributed by atoms with van der Waals surface area (Å²) in [6, 6.07) is 0.865. The molecule has 130 valence electrons. The highest BCUT2D eigenvalue weighted by Crippen LogP contribution is 2.35. The first-order valence-electron chi connectivity index (χ1n) is 8.81. The number of piperidine rings is 1. The van der Waals surface area contributed by atoms with Gasteiger partial charge in [-0.05, 0) is 40.0 Å². The van der Waals surface area contributed by atoms with Gasteiger partial charge in [0.25, 0.3) is 0 Å². The van der Waals surface area contributed by atoms with Crippen molar-refractivity contribution in [2.75, 3.05) is 20.1 Å². The van der Waals surface area contributed by atoms with Crippen molar-refractivity contribution in [2.45, 2.75) is 76.6 Å². The third kappa shape index (κ3) is 3.12. The van der Waals surface area contributed by atoms with Crippen molar-refractivity contribution in [1.29, 1.82) is 0 Å². The van der Waals surface area contributed by atoms with E-state index in [1.807, 2.05) is 32.7 Å². The SMILES string of the molecule is CN1C(=O)N(C2CCCC2)C2CCN(C(=O)OC(C)(C)C)CC21. The first-order valence-corrected chi connectivity index (χ1v) is 8.81. The molecular formula is C17H29N3O3.